The quantitative estimate of drug-likeness (QED) is 0.827. The average Bonchev–Trinajstić information content (AvgIpc) is 2.44. The van der Waals surface area contributed by atoms with E-state index >= 15 is 0 Å². The number of aryl methyl sites for hydroxylation is 1. The van der Waals surface area contributed by atoms with Gasteiger partial charge in [-0.05, 0) is 37.1 Å². The van der Waals surface area contributed by atoms with Gasteiger partial charge in [-0.3, -0.25) is 0 Å². The standard InChI is InChI=1S/C16H18FNO2/c1-3-9-19-14-5-4-6-15(16(14)18)20-12-8-7-11(2)13(17)10-12/h4-8,10H,3,9,18H2,1-2H3. The van der Waals surface area contributed by atoms with Crippen LogP contribution in [-0.2, 0) is 0 Å². The molecule has 0 aliphatic carbocycles. The lowest BCUT2D eigenvalue weighted by Crippen LogP contribution is -2.00. The SMILES string of the molecule is CCCOc1cccc(Oc2ccc(C)c(F)c2)c1N. The molecule has 2 N–H and O–H groups in total. The number of nitrogens with two attached hydrogens (primary N) is 1. The molecule has 0 spiro atoms. The van der Waals surface area contributed by atoms with Crippen molar-refractivity contribution in [2.75, 3.05) is 12.3 Å². The molecule has 0 unspecified atom stereocenters. The molecule has 0 atom stereocenters. The summed E-state index contributed by atoms with van der Waals surface area (Å²) in [7, 11) is 0. The van der Waals surface area contributed by atoms with Crippen molar-refractivity contribution in [2.45, 2.75) is 20.3 Å². The first kappa shape index (κ1) is 14.2. The molecule has 2 aromatic carbocycles. The molecule has 4 heteroatoms. The molecular weight excluding hydrogens is 257 g/mol. The summed E-state index contributed by atoms with van der Waals surface area (Å²) in [6.45, 7) is 4.31. The van der Waals surface area contributed by atoms with Crippen molar-refractivity contribution in [2.24, 2.45) is 0 Å². The van der Waals surface area contributed by atoms with Gasteiger partial charge in [0.2, 0.25) is 0 Å². The second-order valence-corrected chi connectivity index (χ2v) is 4.53. The molecule has 0 aliphatic heterocycles. The smallest absolute Gasteiger partial charge is 0.154 e. The van der Waals surface area contributed by atoms with Gasteiger partial charge in [-0.25, -0.2) is 4.39 Å². The summed E-state index contributed by atoms with van der Waals surface area (Å²) in [5.41, 5.74) is 6.99. The Morgan fingerprint density at radius 2 is 1.90 bits per heavy atom. The second-order valence-electron chi connectivity index (χ2n) is 4.53. The molecule has 0 heterocycles. The van der Waals surface area contributed by atoms with Crippen molar-refractivity contribution in [1.82, 2.24) is 0 Å². The molecule has 0 aliphatic rings. The van der Waals surface area contributed by atoms with Gasteiger partial charge in [-0.1, -0.05) is 19.1 Å². The van der Waals surface area contributed by atoms with Crippen LogP contribution >= 0.6 is 0 Å². The van der Waals surface area contributed by atoms with Gasteiger partial charge in [-0.15, -0.1) is 0 Å². The van der Waals surface area contributed by atoms with E-state index in [0.29, 0.717) is 35.1 Å². The minimum absolute atomic E-state index is 0.306. The number of para-hydroxylation sites is 1. The summed E-state index contributed by atoms with van der Waals surface area (Å²) < 4.78 is 24.6. The molecule has 2 aromatic rings. The minimum atomic E-state index is -0.306. The average molecular weight is 275 g/mol. The van der Waals surface area contributed by atoms with Crippen LogP contribution in [0.4, 0.5) is 10.1 Å². The Morgan fingerprint density at radius 3 is 2.60 bits per heavy atom. The lowest BCUT2D eigenvalue weighted by atomic mass is 10.2. The molecule has 0 radical (unpaired) electrons. The number of hydrogen-bond acceptors (Lipinski definition) is 3. The maximum absolute atomic E-state index is 13.5. The summed E-state index contributed by atoms with van der Waals surface area (Å²) in [5, 5.41) is 0. The fourth-order valence-corrected chi connectivity index (χ4v) is 1.71. The van der Waals surface area contributed by atoms with Crippen LogP contribution < -0.4 is 15.2 Å². The normalized spacial score (nSPS) is 10.3. The highest BCUT2D eigenvalue weighted by molar-refractivity contribution is 5.63. The van der Waals surface area contributed by atoms with Crippen molar-refractivity contribution in [1.29, 1.82) is 0 Å². The molecular formula is C16H18FNO2. The fourth-order valence-electron chi connectivity index (χ4n) is 1.71. The van der Waals surface area contributed by atoms with Crippen LogP contribution in [0.1, 0.15) is 18.9 Å². The van der Waals surface area contributed by atoms with Gasteiger partial charge in [-0.2, -0.15) is 0 Å². The van der Waals surface area contributed by atoms with Crippen molar-refractivity contribution < 1.29 is 13.9 Å². The van der Waals surface area contributed by atoms with Gasteiger partial charge in [0.15, 0.2) is 5.75 Å². The first-order chi connectivity index (χ1) is 9.61. The fraction of sp³-hybridized carbons (Fsp3) is 0.250. The van der Waals surface area contributed by atoms with E-state index < -0.39 is 0 Å². The first-order valence-electron chi connectivity index (χ1n) is 6.57. The van der Waals surface area contributed by atoms with E-state index in [-0.39, 0.29) is 5.82 Å². The summed E-state index contributed by atoms with van der Waals surface area (Å²) in [5.74, 6) is 1.14. The Labute approximate surface area is 118 Å². The van der Waals surface area contributed by atoms with Crippen molar-refractivity contribution >= 4 is 5.69 Å². The number of nitrogen functional groups attached to an aromatic ring is 1. The van der Waals surface area contributed by atoms with Crippen molar-refractivity contribution in [3.05, 3.63) is 47.8 Å². The molecule has 2 rings (SSSR count). The zero-order valence-electron chi connectivity index (χ0n) is 11.7. The Kier molecular flexibility index (Phi) is 4.45. The summed E-state index contributed by atoms with van der Waals surface area (Å²) in [6.07, 6.45) is 0.897. The summed E-state index contributed by atoms with van der Waals surface area (Å²) in [4.78, 5) is 0. The highest BCUT2D eigenvalue weighted by Gasteiger charge is 2.09. The van der Waals surface area contributed by atoms with Gasteiger partial charge in [0.1, 0.15) is 23.0 Å². The Morgan fingerprint density at radius 1 is 1.15 bits per heavy atom. The van der Waals surface area contributed by atoms with Crippen LogP contribution in [0.3, 0.4) is 0 Å². The molecule has 0 aromatic heterocycles. The molecule has 0 saturated heterocycles. The topological polar surface area (TPSA) is 44.5 Å². The van der Waals surface area contributed by atoms with E-state index in [2.05, 4.69) is 0 Å². The number of halogens is 1. The minimum Gasteiger partial charge on any atom is -0.491 e. The second kappa shape index (κ2) is 6.28. The van der Waals surface area contributed by atoms with Crippen molar-refractivity contribution in [3.63, 3.8) is 0 Å². The monoisotopic (exact) mass is 275 g/mol. The number of hydrogen-bond donors (Lipinski definition) is 1. The molecule has 20 heavy (non-hydrogen) atoms. The van der Waals surface area contributed by atoms with Crippen LogP contribution in [0.5, 0.6) is 17.2 Å². The predicted octanol–water partition coefficient (Wildman–Crippen LogP) is 4.30. The van der Waals surface area contributed by atoms with Gasteiger partial charge >= 0.3 is 0 Å². The Balaban J connectivity index is 2.22. The zero-order chi connectivity index (χ0) is 14.5. The third-order valence-electron chi connectivity index (χ3n) is 2.86. The Bertz CT molecular complexity index is 599. The van der Waals surface area contributed by atoms with E-state index in [1.54, 1.807) is 37.3 Å². The van der Waals surface area contributed by atoms with Crippen molar-refractivity contribution in [3.8, 4) is 17.2 Å². The van der Waals surface area contributed by atoms with Gasteiger partial charge < -0.3 is 15.2 Å². The van der Waals surface area contributed by atoms with E-state index in [9.17, 15) is 4.39 Å². The van der Waals surface area contributed by atoms with Crippen LogP contribution in [0.2, 0.25) is 0 Å². The van der Waals surface area contributed by atoms with E-state index in [4.69, 9.17) is 15.2 Å². The van der Waals surface area contributed by atoms with Crippen LogP contribution in [0.25, 0.3) is 0 Å². The lowest BCUT2D eigenvalue weighted by molar-refractivity contribution is 0.318. The Hall–Kier alpha value is -2.23. The largest absolute Gasteiger partial charge is 0.491 e. The third-order valence-corrected chi connectivity index (χ3v) is 2.86. The van der Waals surface area contributed by atoms with Crippen LogP contribution in [-0.4, -0.2) is 6.61 Å². The lowest BCUT2D eigenvalue weighted by Gasteiger charge is -2.13. The van der Waals surface area contributed by atoms with Gasteiger partial charge in [0.25, 0.3) is 0 Å². The molecule has 0 bridgehead atoms. The number of rotatable bonds is 5. The molecule has 3 nitrogen and oxygen atoms in total. The molecule has 0 amide bonds. The number of anilines is 1. The predicted molar refractivity (Wildman–Crippen MR) is 77.9 cm³/mol. The molecule has 0 saturated carbocycles. The first-order valence-corrected chi connectivity index (χ1v) is 6.57. The highest BCUT2D eigenvalue weighted by atomic mass is 19.1. The third kappa shape index (κ3) is 3.20. The zero-order valence-corrected chi connectivity index (χ0v) is 11.7. The van der Waals surface area contributed by atoms with E-state index in [1.807, 2.05) is 6.92 Å². The maximum atomic E-state index is 13.5. The number of ether oxygens (including phenoxy) is 2. The van der Waals surface area contributed by atoms with E-state index in [1.165, 1.54) is 6.07 Å². The van der Waals surface area contributed by atoms with Crippen LogP contribution in [0, 0.1) is 12.7 Å². The maximum Gasteiger partial charge on any atom is 0.154 e. The summed E-state index contributed by atoms with van der Waals surface area (Å²) >= 11 is 0. The van der Waals surface area contributed by atoms with Crippen LogP contribution in [0.15, 0.2) is 36.4 Å². The number of benzene rings is 2. The van der Waals surface area contributed by atoms with Gasteiger partial charge in [0.05, 0.1) is 6.61 Å². The van der Waals surface area contributed by atoms with Gasteiger partial charge in [0, 0.05) is 6.07 Å². The molecule has 106 valence electrons. The summed E-state index contributed by atoms with van der Waals surface area (Å²) in [6, 6.07) is 10.0. The highest BCUT2D eigenvalue weighted by Crippen LogP contribution is 2.34. The van der Waals surface area contributed by atoms with E-state index in [0.717, 1.165) is 6.42 Å². The molecule has 0 fully saturated rings.